The minimum absolute atomic E-state index is 0.102. The number of rotatable bonds is 4. The first-order valence-electron chi connectivity index (χ1n) is 10.4. The molecule has 1 amide bonds. The average Bonchev–Trinajstić information content (AvgIpc) is 3.32. The predicted octanol–water partition coefficient (Wildman–Crippen LogP) is 0.518. The van der Waals surface area contributed by atoms with Crippen LogP contribution in [0.2, 0.25) is 0 Å². The van der Waals surface area contributed by atoms with E-state index in [4.69, 9.17) is 4.74 Å². The fraction of sp³-hybridized carbons (Fsp3) is 0.750. The van der Waals surface area contributed by atoms with Gasteiger partial charge in [0.1, 0.15) is 12.3 Å². The van der Waals surface area contributed by atoms with E-state index >= 15 is 0 Å². The fourth-order valence-corrected chi connectivity index (χ4v) is 6.38. The largest absolute Gasteiger partial charge is 0.390 e. The summed E-state index contributed by atoms with van der Waals surface area (Å²) in [4.78, 5) is 38.4. The van der Waals surface area contributed by atoms with Crippen molar-refractivity contribution < 1.29 is 14.6 Å². The van der Waals surface area contributed by atoms with E-state index in [2.05, 4.69) is 10.3 Å². The van der Waals surface area contributed by atoms with Gasteiger partial charge in [-0.2, -0.15) is 0 Å². The van der Waals surface area contributed by atoms with E-state index < -0.39 is 29.7 Å². The molecule has 0 spiro atoms. The van der Waals surface area contributed by atoms with Crippen molar-refractivity contribution in [1.29, 1.82) is 0 Å². The quantitative estimate of drug-likeness (QED) is 0.695. The molecule has 3 aliphatic carbocycles. The third kappa shape index (κ3) is 2.85. The number of hydrogen-bond acceptors (Lipinski definition) is 5. The number of carbonyl (C=O) groups excluding carboxylic acids is 1. The summed E-state index contributed by atoms with van der Waals surface area (Å²) in [6, 6.07) is 1.25. The van der Waals surface area contributed by atoms with Crippen molar-refractivity contribution in [2.45, 2.75) is 63.4 Å². The van der Waals surface area contributed by atoms with E-state index in [9.17, 15) is 19.5 Å². The Hall–Kier alpha value is -1.93. The van der Waals surface area contributed by atoms with Crippen molar-refractivity contribution in [3.8, 4) is 0 Å². The highest BCUT2D eigenvalue weighted by atomic mass is 16.5. The first kappa shape index (κ1) is 18.1. The summed E-state index contributed by atoms with van der Waals surface area (Å²) in [6.07, 6.45) is 6.45. The zero-order valence-corrected chi connectivity index (χ0v) is 15.8. The van der Waals surface area contributed by atoms with E-state index in [1.807, 2.05) is 0 Å². The third-order valence-corrected chi connectivity index (χ3v) is 7.60. The van der Waals surface area contributed by atoms with Gasteiger partial charge in [-0.05, 0) is 37.0 Å². The number of aromatic amines is 1. The Bertz CT molecular complexity index is 873. The zero-order valence-electron chi connectivity index (χ0n) is 15.8. The van der Waals surface area contributed by atoms with Crippen LogP contribution in [0.3, 0.4) is 0 Å². The SMILES string of the molecule is O=C(NCC1OC(n2ccc(=O)[nH]c2=O)CC1O)C12CC3CCCC(C1)C3C2. The van der Waals surface area contributed by atoms with Gasteiger partial charge in [-0.1, -0.05) is 19.3 Å². The molecular weight excluding hydrogens is 362 g/mol. The van der Waals surface area contributed by atoms with Gasteiger partial charge in [-0.15, -0.1) is 0 Å². The Labute approximate surface area is 162 Å². The Kier molecular flexibility index (Phi) is 4.24. The van der Waals surface area contributed by atoms with Gasteiger partial charge in [0.2, 0.25) is 5.91 Å². The molecule has 0 radical (unpaired) electrons. The van der Waals surface area contributed by atoms with Gasteiger partial charge in [0, 0.05) is 25.2 Å². The van der Waals surface area contributed by atoms with E-state index in [1.54, 1.807) is 0 Å². The number of ether oxygens (including phenoxy) is 1. The molecule has 1 aromatic heterocycles. The Balaban J connectivity index is 1.22. The summed E-state index contributed by atoms with van der Waals surface area (Å²) in [5.41, 5.74) is -1.26. The lowest BCUT2D eigenvalue weighted by molar-refractivity contribution is -0.132. The van der Waals surface area contributed by atoms with Crippen molar-refractivity contribution in [3.05, 3.63) is 33.1 Å². The lowest BCUT2D eigenvalue weighted by Gasteiger charge is -2.38. The summed E-state index contributed by atoms with van der Waals surface area (Å²) < 4.78 is 7.09. The summed E-state index contributed by atoms with van der Waals surface area (Å²) in [7, 11) is 0. The number of aliphatic hydroxyl groups excluding tert-OH is 1. The highest BCUT2D eigenvalue weighted by Gasteiger charge is 2.59. The van der Waals surface area contributed by atoms with Gasteiger partial charge in [-0.3, -0.25) is 19.1 Å². The Morgan fingerprint density at radius 1 is 1.29 bits per heavy atom. The van der Waals surface area contributed by atoms with Gasteiger partial charge in [0.05, 0.1) is 11.5 Å². The Morgan fingerprint density at radius 2 is 2.04 bits per heavy atom. The average molecular weight is 389 g/mol. The molecule has 152 valence electrons. The molecular formula is C20H27N3O5. The second kappa shape index (κ2) is 6.56. The first-order valence-corrected chi connectivity index (χ1v) is 10.4. The van der Waals surface area contributed by atoms with Crippen molar-refractivity contribution in [1.82, 2.24) is 14.9 Å². The molecule has 5 unspecified atom stereocenters. The lowest BCUT2D eigenvalue weighted by Crippen LogP contribution is -2.45. The molecule has 3 saturated carbocycles. The van der Waals surface area contributed by atoms with E-state index in [-0.39, 0.29) is 24.3 Å². The number of aliphatic hydroxyl groups is 1. The number of amides is 1. The minimum atomic E-state index is -0.777. The molecule has 5 atom stereocenters. The molecule has 4 fully saturated rings. The molecule has 1 aliphatic heterocycles. The van der Waals surface area contributed by atoms with E-state index in [0.29, 0.717) is 11.8 Å². The summed E-state index contributed by atoms with van der Waals surface area (Å²) in [5, 5.41) is 13.4. The summed E-state index contributed by atoms with van der Waals surface area (Å²) in [5.74, 6) is 2.25. The number of H-pyrrole nitrogens is 1. The van der Waals surface area contributed by atoms with E-state index in [1.165, 1.54) is 36.1 Å². The van der Waals surface area contributed by atoms with Crippen LogP contribution in [-0.2, 0) is 9.53 Å². The highest BCUT2D eigenvalue weighted by molar-refractivity contribution is 5.83. The number of hydrogen-bond donors (Lipinski definition) is 3. The minimum Gasteiger partial charge on any atom is -0.390 e. The molecule has 0 aromatic carbocycles. The van der Waals surface area contributed by atoms with Gasteiger partial charge < -0.3 is 15.2 Å². The smallest absolute Gasteiger partial charge is 0.330 e. The van der Waals surface area contributed by atoms with Crippen LogP contribution in [-0.4, -0.2) is 39.3 Å². The number of fused-ring (bicyclic) bond motifs is 1. The van der Waals surface area contributed by atoms with Gasteiger partial charge in [0.15, 0.2) is 0 Å². The zero-order chi connectivity index (χ0) is 19.5. The number of nitrogens with zero attached hydrogens (tertiary/aromatic N) is 1. The molecule has 8 nitrogen and oxygen atoms in total. The maximum Gasteiger partial charge on any atom is 0.330 e. The van der Waals surface area contributed by atoms with Crippen molar-refractivity contribution in [2.75, 3.05) is 6.54 Å². The topological polar surface area (TPSA) is 113 Å². The summed E-state index contributed by atoms with van der Waals surface area (Å²) >= 11 is 0. The van der Waals surface area contributed by atoms with Crippen LogP contribution in [0.15, 0.2) is 21.9 Å². The Morgan fingerprint density at radius 3 is 2.71 bits per heavy atom. The van der Waals surface area contributed by atoms with Crippen LogP contribution in [0.25, 0.3) is 0 Å². The molecule has 2 bridgehead atoms. The maximum atomic E-state index is 13.0. The van der Waals surface area contributed by atoms with Crippen LogP contribution in [0.4, 0.5) is 0 Å². The molecule has 1 aromatic rings. The fourth-order valence-electron chi connectivity index (χ4n) is 6.38. The third-order valence-electron chi connectivity index (χ3n) is 7.60. The molecule has 4 aliphatic rings. The molecule has 1 saturated heterocycles. The van der Waals surface area contributed by atoms with Crippen LogP contribution in [0.1, 0.15) is 51.2 Å². The molecule has 5 rings (SSSR count). The van der Waals surface area contributed by atoms with Crippen LogP contribution in [0, 0.1) is 23.2 Å². The van der Waals surface area contributed by atoms with Crippen molar-refractivity contribution in [2.24, 2.45) is 23.2 Å². The highest BCUT2D eigenvalue weighted by Crippen LogP contribution is 2.64. The van der Waals surface area contributed by atoms with Gasteiger partial charge in [-0.25, -0.2) is 4.79 Å². The maximum absolute atomic E-state index is 13.0. The first-order chi connectivity index (χ1) is 13.4. The number of nitrogens with one attached hydrogen (secondary N) is 2. The molecule has 3 N–H and O–H groups in total. The van der Waals surface area contributed by atoms with Crippen molar-refractivity contribution >= 4 is 5.91 Å². The lowest BCUT2D eigenvalue weighted by atomic mass is 9.68. The van der Waals surface area contributed by atoms with Crippen molar-refractivity contribution in [3.63, 3.8) is 0 Å². The van der Waals surface area contributed by atoms with E-state index in [0.717, 1.165) is 25.2 Å². The van der Waals surface area contributed by atoms with Crippen LogP contribution >= 0.6 is 0 Å². The molecule has 2 heterocycles. The monoisotopic (exact) mass is 389 g/mol. The van der Waals surface area contributed by atoms with Gasteiger partial charge in [0.25, 0.3) is 5.56 Å². The van der Waals surface area contributed by atoms with Gasteiger partial charge >= 0.3 is 5.69 Å². The number of carbonyl (C=O) groups is 1. The van der Waals surface area contributed by atoms with Crippen LogP contribution in [0.5, 0.6) is 0 Å². The summed E-state index contributed by atoms with van der Waals surface area (Å²) in [6.45, 7) is 0.232. The molecule has 8 heteroatoms. The molecule has 28 heavy (non-hydrogen) atoms. The second-order valence-electron chi connectivity index (χ2n) is 9.17. The second-order valence-corrected chi connectivity index (χ2v) is 9.17. The van der Waals surface area contributed by atoms with Crippen LogP contribution < -0.4 is 16.6 Å². The normalized spacial score (nSPS) is 41.3. The predicted molar refractivity (Wildman–Crippen MR) is 99.5 cm³/mol. The standard InChI is InChI=1S/C20H27N3O5/c24-14-6-17(23-5-4-16(25)22-19(23)27)28-15(14)10-21-18(26)20-7-11-2-1-3-12(8-20)13(11)9-20/h4-5,11-15,17,24H,1-3,6-10H2,(H,21,26)(H,22,25,27). The number of aromatic nitrogens is 2.